The SMILES string of the molecule is Cc1[nH]c(=O)n(C2CCC(O)CC2)c1C. The lowest BCUT2D eigenvalue weighted by Crippen LogP contribution is -2.28. The largest absolute Gasteiger partial charge is 0.393 e. The molecule has 0 amide bonds. The number of aliphatic hydroxyl groups excluding tert-OH is 1. The molecule has 0 aliphatic heterocycles. The lowest BCUT2D eigenvalue weighted by Gasteiger charge is -2.26. The van der Waals surface area contributed by atoms with Crippen LogP contribution in [0.5, 0.6) is 0 Å². The predicted octanol–water partition coefficient (Wildman–Crippen LogP) is 1.27. The Labute approximate surface area is 88.9 Å². The molecule has 1 saturated carbocycles. The number of aromatic nitrogens is 2. The number of nitrogens with one attached hydrogen (secondary N) is 1. The van der Waals surface area contributed by atoms with Gasteiger partial charge in [0.2, 0.25) is 0 Å². The van der Waals surface area contributed by atoms with Gasteiger partial charge in [0.1, 0.15) is 0 Å². The van der Waals surface area contributed by atoms with Crippen molar-refractivity contribution in [2.24, 2.45) is 0 Å². The van der Waals surface area contributed by atoms with Crippen molar-refractivity contribution in [1.29, 1.82) is 0 Å². The number of imidazole rings is 1. The third-order valence-corrected chi connectivity index (χ3v) is 3.45. The number of hydrogen-bond acceptors (Lipinski definition) is 2. The molecule has 1 aromatic heterocycles. The molecule has 1 fully saturated rings. The Balaban J connectivity index is 2.26. The van der Waals surface area contributed by atoms with Crippen molar-refractivity contribution >= 4 is 0 Å². The van der Waals surface area contributed by atoms with Gasteiger partial charge in [0.25, 0.3) is 0 Å². The van der Waals surface area contributed by atoms with Gasteiger partial charge in [-0.25, -0.2) is 4.79 Å². The maximum atomic E-state index is 11.7. The van der Waals surface area contributed by atoms with Gasteiger partial charge in [-0.15, -0.1) is 0 Å². The number of aromatic amines is 1. The second-order valence-corrected chi connectivity index (χ2v) is 4.47. The van der Waals surface area contributed by atoms with Gasteiger partial charge >= 0.3 is 5.69 Å². The summed E-state index contributed by atoms with van der Waals surface area (Å²) in [7, 11) is 0. The lowest BCUT2D eigenvalue weighted by atomic mass is 9.93. The van der Waals surface area contributed by atoms with E-state index in [0.717, 1.165) is 37.1 Å². The fraction of sp³-hybridized carbons (Fsp3) is 0.727. The van der Waals surface area contributed by atoms with Crippen molar-refractivity contribution in [3.05, 3.63) is 21.9 Å². The summed E-state index contributed by atoms with van der Waals surface area (Å²) in [4.78, 5) is 14.5. The van der Waals surface area contributed by atoms with E-state index >= 15 is 0 Å². The molecule has 1 aliphatic carbocycles. The van der Waals surface area contributed by atoms with Crippen LogP contribution in [0.15, 0.2) is 4.79 Å². The molecular weight excluding hydrogens is 192 g/mol. The second-order valence-electron chi connectivity index (χ2n) is 4.47. The fourth-order valence-electron chi connectivity index (χ4n) is 2.40. The molecule has 2 N–H and O–H groups in total. The standard InChI is InChI=1S/C11H18N2O2/c1-7-8(2)13(11(15)12-7)9-3-5-10(14)6-4-9/h9-10,14H,3-6H2,1-2H3,(H,12,15). The monoisotopic (exact) mass is 210 g/mol. The molecule has 4 nitrogen and oxygen atoms in total. The highest BCUT2D eigenvalue weighted by Crippen LogP contribution is 2.28. The maximum Gasteiger partial charge on any atom is 0.326 e. The van der Waals surface area contributed by atoms with E-state index < -0.39 is 0 Å². The molecule has 1 aromatic rings. The van der Waals surface area contributed by atoms with E-state index in [9.17, 15) is 9.90 Å². The van der Waals surface area contributed by atoms with Crippen molar-refractivity contribution in [3.8, 4) is 0 Å². The third kappa shape index (κ3) is 1.86. The first-order valence-corrected chi connectivity index (χ1v) is 5.55. The van der Waals surface area contributed by atoms with Crippen LogP contribution < -0.4 is 5.69 Å². The van der Waals surface area contributed by atoms with Crippen molar-refractivity contribution in [2.45, 2.75) is 51.7 Å². The van der Waals surface area contributed by atoms with E-state index in [0.29, 0.717) is 0 Å². The zero-order chi connectivity index (χ0) is 11.0. The van der Waals surface area contributed by atoms with Crippen LogP contribution in [0.25, 0.3) is 0 Å². The predicted molar refractivity (Wildman–Crippen MR) is 58.0 cm³/mol. The van der Waals surface area contributed by atoms with Gasteiger partial charge in [0, 0.05) is 17.4 Å². The molecule has 1 heterocycles. The smallest absolute Gasteiger partial charge is 0.326 e. The molecule has 0 bridgehead atoms. The van der Waals surface area contributed by atoms with E-state index in [1.165, 1.54) is 0 Å². The van der Waals surface area contributed by atoms with Crippen LogP contribution in [0.2, 0.25) is 0 Å². The first-order valence-electron chi connectivity index (χ1n) is 5.55. The molecule has 84 valence electrons. The summed E-state index contributed by atoms with van der Waals surface area (Å²) in [6, 6.07) is 0.269. The highest BCUT2D eigenvalue weighted by Gasteiger charge is 2.23. The summed E-state index contributed by atoms with van der Waals surface area (Å²) in [5, 5.41) is 9.42. The third-order valence-electron chi connectivity index (χ3n) is 3.45. The topological polar surface area (TPSA) is 58.0 Å². The molecule has 0 spiro atoms. The van der Waals surface area contributed by atoms with Crippen molar-refractivity contribution < 1.29 is 5.11 Å². The summed E-state index contributed by atoms with van der Waals surface area (Å²) in [5.74, 6) is 0. The summed E-state index contributed by atoms with van der Waals surface area (Å²) in [6.07, 6.45) is 3.25. The van der Waals surface area contributed by atoms with E-state index in [1.807, 2.05) is 18.4 Å². The van der Waals surface area contributed by atoms with Gasteiger partial charge in [-0.05, 0) is 39.5 Å². The fourth-order valence-corrected chi connectivity index (χ4v) is 2.40. The zero-order valence-electron chi connectivity index (χ0n) is 9.29. The van der Waals surface area contributed by atoms with Gasteiger partial charge in [-0.2, -0.15) is 0 Å². The first kappa shape index (κ1) is 10.5. The Bertz CT molecular complexity index is 397. The summed E-state index contributed by atoms with van der Waals surface area (Å²) >= 11 is 0. The molecule has 0 radical (unpaired) electrons. The minimum absolute atomic E-state index is 0.00797. The molecule has 0 aromatic carbocycles. The Morgan fingerprint density at radius 3 is 2.33 bits per heavy atom. The van der Waals surface area contributed by atoms with Crippen molar-refractivity contribution in [1.82, 2.24) is 9.55 Å². The first-order chi connectivity index (χ1) is 7.09. The number of H-pyrrole nitrogens is 1. The summed E-state index contributed by atoms with van der Waals surface area (Å²) in [6.45, 7) is 3.89. The maximum absolute atomic E-state index is 11.7. The van der Waals surface area contributed by atoms with Crippen LogP contribution in [0.1, 0.15) is 43.1 Å². The molecule has 1 aliphatic rings. The number of aryl methyl sites for hydroxylation is 1. The van der Waals surface area contributed by atoms with Gasteiger partial charge in [-0.1, -0.05) is 0 Å². The Morgan fingerprint density at radius 2 is 1.87 bits per heavy atom. The van der Waals surface area contributed by atoms with Gasteiger partial charge in [0.05, 0.1) is 6.10 Å². The van der Waals surface area contributed by atoms with Crippen LogP contribution in [-0.4, -0.2) is 20.8 Å². The minimum atomic E-state index is -0.169. The second kappa shape index (κ2) is 3.85. The average molecular weight is 210 g/mol. The van der Waals surface area contributed by atoms with Crippen molar-refractivity contribution in [2.75, 3.05) is 0 Å². The van der Waals surface area contributed by atoms with Gasteiger partial charge in [0.15, 0.2) is 0 Å². The molecule has 0 atom stereocenters. The highest BCUT2D eigenvalue weighted by atomic mass is 16.3. The molecule has 2 rings (SSSR count). The number of aliphatic hydroxyl groups is 1. The van der Waals surface area contributed by atoms with E-state index in [2.05, 4.69) is 4.98 Å². The van der Waals surface area contributed by atoms with Gasteiger partial charge in [-0.3, -0.25) is 4.57 Å². The Hall–Kier alpha value is -1.03. The van der Waals surface area contributed by atoms with Crippen LogP contribution in [0, 0.1) is 13.8 Å². The van der Waals surface area contributed by atoms with E-state index in [1.54, 1.807) is 0 Å². The minimum Gasteiger partial charge on any atom is -0.393 e. The van der Waals surface area contributed by atoms with Crippen LogP contribution in [-0.2, 0) is 0 Å². The number of hydrogen-bond donors (Lipinski definition) is 2. The summed E-state index contributed by atoms with van der Waals surface area (Å²) < 4.78 is 1.85. The lowest BCUT2D eigenvalue weighted by molar-refractivity contribution is 0.109. The normalized spacial score (nSPS) is 26.9. The Morgan fingerprint density at radius 1 is 1.27 bits per heavy atom. The van der Waals surface area contributed by atoms with E-state index in [-0.39, 0.29) is 17.8 Å². The zero-order valence-corrected chi connectivity index (χ0v) is 9.29. The highest BCUT2D eigenvalue weighted by molar-refractivity contribution is 5.10. The average Bonchev–Trinajstić information content (AvgIpc) is 2.44. The van der Waals surface area contributed by atoms with Crippen LogP contribution in [0.4, 0.5) is 0 Å². The van der Waals surface area contributed by atoms with Gasteiger partial charge < -0.3 is 10.1 Å². The molecular formula is C11H18N2O2. The molecule has 0 saturated heterocycles. The van der Waals surface area contributed by atoms with Crippen LogP contribution >= 0.6 is 0 Å². The number of rotatable bonds is 1. The number of nitrogens with zero attached hydrogens (tertiary/aromatic N) is 1. The summed E-state index contributed by atoms with van der Waals surface area (Å²) in [5.41, 5.74) is 1.97. The van der Waals surface area contributed by atoms with Crippen LogP contribution in [0.3, 0.4) is 0 Å². The van der Waals surface area contributed by atoms with E-state index in [4.69, 9.17) is 0 Å². The molecule has 4 heteroatoms. The quantitative estimate of drug-likeness (QED) is 0.733. The van der Waals surface area contributed by atoms with Crippen molar-refractivity contribution in [3.63, 3.8) is 0 Å². The molecule has 0 unspecified atom stereocenters. The Kier molecular flexibility index (Phi) is 2.69. The molecule has 15 heavy (non-hydrogen) atoms.